The van der Waals surface area contributed by atoms with E-state index in [4.69, 9.17) is 4.74 Å². The van der Waals surface area contributed by atoms with Crippen LogP contribution in [-0.4, -0.2) is 11.5 Å². The fourth-order valence-corrected chi connectivity index (χ4v) is 2.39. The summed E-state index contributed by atoms with van der Waals surface area (Å²) < 4.78 is 6.73. The van der Waals surface area contributed by atoms with E-state index in [-0.39, 0.29) is 0 Å². The van der Waals surface area contributed by atoms with Gasteiger partial charge in [0, 0.05) is 28.5 Å². The number of nitrogens with one attached hydrogen (secondary N) is 1. The lowest BCUT2D eigenvalue weighted by molar-refractivity contribution is 0.305. The van der Waals surface area contributed by atoms with E-state index in [2.05, 4.69) is 52.2 Å². The SMILES string of the molecule is CCNC(C)c1ccc(OCc2cncc(Br)c2)cc1. The molecular weight excluding hydrogens is 316 g/mol. The van der Waals surface area contributed by atoms with E-state index in [1.807, 2.05) is 24.4 Å². The molecule has 1 N–H and O–H groups in total. The Labute approximate surface area is 128 Å². The zero-order chi connectivity index (χ0) is 14.4. The quantitative estimate of drug-likeness (QED) is 0.863. The van der Waals surface area contributed by atoms with Crippen molar-refractivity contribution in [1.29, 1.82) is 0 Å². The Morgan fingerprint density at radius 3 is 2.65 bits per heavy atom. The summed E-state index contributed by atoms with van der Waals surface area (Å²) in [6.07, 6.45) is 3.58. The molecule has 0 aliphatic rings. The summed E-state index contributed by atoms with van der Waals surface area (Å²) in [5.74, 6) is 0.873. The Balaban J connectivity index is 1.94. The molecule has 0 bridgehead atoms. The van der Waals surface area contributed by atoms with Crippen LogP contribution in [0.5, 0.6) is 5.75 Å². The molecule has 0 amide bonds. The van der Waals surface area contributed by atoms with Crippen molar-refractivity contribution < 1.29 is 4.74 Å². The molecule has 20 heavy (non-hydrogen) atoms. The molecule has 2 aromatic rings. The summed E-state index contributed by atoms with van der Waals surface area (Å²) >= 11 is 3.40. The highest BCUT2D eigenvalue weighted by Gasteiger charge is 2.03. The van der Waals surface area contributed by atoms with Gasteiger partial charge in [0.1, 0.15) is 12.4 Å². The number of ether oxygens (including phenoxy) is 1. The lowest BCUT2D eigenvalue weighted by atomic mass is 10.1. The first-order valence-electron chi connectivity index (χ1n) is 6.74. The maximum atomic E-state index is 5.76. The Hall–Kier alpha value is -1.39. The van der Waals surface area contributed by atoms with Gasteiger partial charge in [-0.1, -0.05) is 19.1 Å². The van der Waals surface area contributed by atoms with Gasteiger partial charge in [-0.3, -0.25) is 4.98 Å². The number of pyridine rings is 1. The summed E-state index contributed by atoms with van der Waals surface area (Å²) in [7, 11) is 0. The van der Waals surface area contributed by atoms with E-state index >= 15 is 0 Å². The standard InChI is InChI=1S/C16H19BrN2O/c1-3-19-12(2)14-4-6-16(7-5-14)20-11-13-8-15(17)10-18-9-13/h4-10,12,19H,3,11H2,1-2H3. The highest BCUT2D eigenvalue weighted by molar-refractivity contribution is 9.10. The molecule has 1 unspecified atom stereocenters. The van der Waals surface area contributed by atoms with Gasteiger partial charge < -0.3 is 10.1 Å². The van der Waals surface area contributed by atoms with E-state index in [9.17, 15) is 0 Å². The molecule has 1 heterocycles. The highest BCUT2D eigenvalue weighted by Crippen LogP contribution is 2.19. The monoisotopic (exact) mass is 334 g/mol. The molecule has 3 nitrogen and oxygen atoms in total. The summed E-state index contributed by atoms with van der Waals surface area (Å²) in [6.45, 7) is 5.76. The second kappa shape index (κ2) is 7.41. The van der Waals surface area contributed by atoms with E-state index in [1.165, 1.54) is 5.56 Å². The summed E-state index contributed by atoms with van der Waals surface area (Å²) in [5.41, 5.74) is 2.31. The van der Waals surface area contributed by atoms with Crippen LogP contribution in [0.15, 0.2) is 47.2 Å². The molecule has 0 aliphatic heterocycles. The smallest absolute Gasteiger partial charge is 0.119 e. The minimum absolute atomic E-state index is 0.364. The maximum absolute atomic E-state index is 5.76. The third-order valence-corrected chi connectivity index (χ3v) is 3.49. The number of rotatable bonds is 6. The molecular formula is C16H19BrN2O. The minimum Gasteiger partial charge on any atom is -0.489 e. The molecule has 4 heteroatoms. The van der Waals surface area contributed by atoms with Crippen molar-refractivity contribution in [3.8, 4) is 5.75 Å². The van der Waals surface area contributed by atoms with Gasteiger partial charge in [0.05, 0.1) is 0 Å². The third kappa shape index (κ3) is 4.32. The molecule has 0 saturated carbocycles. The molecule has 1 aromatic carbocycles. The molecule has 0 saturated heterocycles. The van der Waals surface area contributed by atoms with Gasteiger partial charge >= 0.3 is 0 Å². The maximum Gasteiger partial charge on any atom is 0.119 e. The molecule has 0 radical (unpaired) electrons. The predicted octanol–water partition coefficient (Wildman–Crippen LogP) is 4.09. The zero-order valence-corrected chi connectivity index (χ0v) is 13.4. The van der Waals surface area contributed by atoms with Crippen LogP contribution >= 0.6 is 15.9 Å². The van der Waals surface area contributed by atoms with Crippen LogP contribution in [0.1, 0.15) is 31.0 Å². The molecule has 1 aromatic heterocycles. The topological polar surface area (TPSA) is 34.1 Å². The second-order valence-corrected chi connectivity index (χ2v) is 5.56. The van der Waals surface area contributed by atoms with E-state index in [0.29, 0.717) is 12.6 Å². The van der Waals surface area contributed by atoms with Crippen LogP contribution < -0.4 is 10.1 Å². The predicted molar refractivity (Wildman–Crippen MR) is 84.8 cm³/mol. The molecule has 2 rings (SSSR count). The largest absolute Gasteiger partial charge is 0.489 e. The normalized spacial score (nSPS) is 12.2. The molecule has 1 atom stereocenters. The number of halogens is 1. The van der Waals surface area contributed by atoms with E-state index in [1.54, 1.807) is 6.20 Å². The lowest BCUT2D eigenvalue weighted by Gasteiger charge is -2.13. The first-order chi connectivity index (χ1) is 9.69. The average Bonchev–Trinajstić information content (AvgIpc) is 2.46. The zero-order valence-electron chi connectivity index (χ0n) is 11.8. The van der Waals surface area contributed by atoms with Crippen molar-refractivity contribution in [3.05, 3.63) is 58.3 Å². The highest BCUT2D eigenvalue weighted by atomic mass is 79.9. The molecule has 0 aliphatic carbocycles. The summed E-state index contributed by atoms with van der Waals surface area (Å²) in [6, 6.07) is 10.6. The molecule has 0 fully saturated rings. The fraction of sp³-hybridized carbons (Fsp3) is 0.312. The number of hydrogen-bond donors (Lipinski definition) is 1. The molecule has 106 valence electrons. The van der Waals surface area contributed by atoms with Crippen LogP contribution in [0.25, 0.3) is 0 Å². The van der Waals surface area contributed by atoms with Gasteiger partial charge in [-0.25, -0.2) is 0 Å². The van der Waals surface area contributed by atoms with Crippen molar-refractivity contribution in [2.45, 2.75) is 26.5 Å². The van der Waals surface area contributed by atoms with Crippen LogP contribution in [0.2, 0.25) is 0 Å². The van der Waals surface area contributed by atoms with E-state index in [0.717, 1.165) is 22.3 Å². The third-order valence-electron chi connectivity index (χ3n) is 3.06. The molecule has 0 spiro atoms. The summed E-state index contributed by atoms with van der Waals surface area (Å²) in [4.78, 5) is 4.12. The van der Waals surface area contributed by atoms with Crippen LogP contribution in [-0.2, 0) is 6.61 Å². The number of hydrogen-bond acceptors (Lipinski definition) is 3. The van der Waals surface area contributed by atoms with Gasteiger partial charge in [0.15, 0.2) is 0 Å². The number of benzene rings is 1. The second-order valence-electron chi connectivity index (χ2n) is 4.65. The Kier molecular flexibility index (Phi) is 5.56. The van der Waals surface area contributed by atoms with Crippen molar-refractivity contribution in [2.75, 3.05) is 6.54 Å². The Morgan fingerprint density at radius 1 is 1.25 bits per heavy atom. The average molecular weight is 335 g/mol. The van der Waals surface area contributed by atoms with E-state index < -0.39 is 0 Å². The van der Waals surface area contributed by atoms with Gasteiger partial charge in [0.25, 0.3) is 0 Å². The first-order valence-corrected chi connectivity index (χ1v) is 7.54. The van der Waals surface area contributed by atoms with Crippen molar-refractivity contribution in [3.63, 3.8) is 0 Å². The first kappa shape index (κ1) is 15.0. The fourth-order valence-electron chi connectivity index (χ4n) is 1.98. The van der Waals surface area contributed by atoms with Gasteiger partial charge in [-0.2, -0.15) is 0 Å². The van der Waals surface area contributed by atoms with Crippen LogP contribution in [0, 0.1) is 0 Å². The Bertz CT molecular complexity index is 542. The van der Waals surface area contributed by atoms with Crippen LogP contribution in [0.4, 0.5) is 0 Å². The number of aromatic nitrogens is 1. The van der Waals surface area contributed by atoms with Gasteiger partial charge in [-0.05, 0) is 53.2 Å². The van der Waals surface area contributed by atoms with Gasteiger partial charge in [0.2, 0.25) is 0 Å². The lowest BCUT2D eigenvalue weighted by Crippen LogP contribution is -2.17. The Morgan fingerprint density at radius 2 is 2.00 bits per heavy atom. The van der Waals surface area contributed by atoms with Crippen molar-refractivity contribution in [1.82, 2.24) is 10.3 Å². The van der Waals surface area contributed by atoms with Crippen LogP contribution in [0.3, 0.4) is 0 Å². The van der Waals surface area contributed by atoms with Gasteiger partial charge in [-0.15, -0.1) is 0 Å². The van der Waals surface area contributed by atoms with Crippen molar-refractivity contribution in [2.24, 2.45) is 0 Å². The summed E-state index contributed by atoms with van der Waals surface area (Å²) in [5, 5.41) is 3.39. The van der Waals surface area contributed by atoms with Crippen molar-refractivity contribution >= 4 is 15.9 Å². The number of nitrogens with zero attached hydrogens (tertiary/aromatic N) is 1. The minimum atomic E-state index is 0.364.